The lowest BCUT2D eigenvalue weighted by atomic mass is 10.2. The maximum absolute atomic E-state index is 5.18. The predicted octanol–water partition coefficient (Wildman–Crippen LogP) is 7.03. The van der Waals surface area contributed by atoms with E-state index in [1.54, 1.807) is 0 Å². The van der Waals surface area contributed by atoms with Crippen molar-refractivity contribution < 1.29 is 0 Å². The fraction of sp³-hybridized carbons (Fsp3) is 0. The van der Waals surface area contributed by atoms with Crippen molar-refractivity contribution in [2.24, 2.45) is 0 Å². The van der Waals surface area contributed by atoms with E-state index >= 15 is 0 Å². The van der Waals surface area contributed by atoms with Crippen LogP contribution in [0.4, 0.5) is 0 Å². The highest BCUT2D eigenvalue weighted by molar-refractivity contribution is 5.93. The lowest BCUT2D eigenvalue weighted by molar-refractivity contribution is 0.877. The van der Waals surface area contributed by atoms with Gasteiger partial charge in [-0.25, -0.2) is 19.1 Å². The molecule has 9 heteroatoms. The van der Waals surface area contributed by atoms with E-state index < -0.39 is 0 Å². The van der Waals surface area contributed by atoms with Crippen LogP contribution in [0, 0.1) is 0 Å². The maximum Gasteiger partial charge on any atom is 0.242 e. The lowest BCUT2D eigenvalue weighted by Gasteiger charge is -2.10. The molecule has 0 N–H and O–H groups in total. The van der Waals surface area contributed by atoms with Crippen LogP contribution in [-0.4, -0.2) is 42.9 Å². The standard InChI is InChI=1S/C35H21N9/c1-2-12-22(13-3-1)31-38-32(43-29-20-10-8-18-27(29)41-25-16-6-4-14-23(25)36-34(41)43)40-33(39-31)44-30-21-11-9-19-28(30)42-26-17-7-5-15-24(26)37-35(42)44/h1-21H. The molecule has 5 aromatic carbocycles. The van der Waals surface area contributed by atoms with Gasteiger partial charge in [0.1, 0.15) is 0 Å². The van der Waals surface area contributed by atoms with E-state index in [1.165, 1.54) is 0 Å². The fourth-order valence-corrected chi connectivity index (χ4v) is 6.37. The average Bonchev–Trinajstić information content (AvgIpc) is 3.81. The van der Waals surface area contributed by atoms with Gasteiger partial charge >= 0.3 is 0 Å². The second-order valence-corrected chi connectivity index (χ2v) is 10.7. The number of nitrogens with zero attached hydrogens (tertiary/aromatic N) is 9. The highest BCUT2D eigenvalue weighted by atomic mass is 15.3. The van der Waals surface area contributed by atoms with E-state index in [9.17, 15) is 0 Å². The first-order chi connectivity index (χ1) is 21.8. The summed E-state index contributed by atoms with van der Waals surface area (Å²) in [5, 5.41) is 0. The van der Waals surface area contributed by atoms with E-state index in [-0.39, 0.29) is 0 Å². The number of hydrogen-bond acceptors (Lipinski definition) is 5. The van der Waals surface area contributed by atoms with Crippen molar-refractivity contribution in [3.8, 4) is 23.3 Å². The molecule has 0 atom stereocenters. The smallest absolute Gasteiger partial charge is 0.242 e. The number of fused-ring (bicyclic) bond motifs is 10. The summed E-state index contributed by atoms with van der Waals surface area (Å²) in [5.41, 5.74) is 8.69. The quantitative estimate of drug-likeness (QED) is 0.229. The minimum atomic E-state index is 0.474. The number of benzene rings is 5. The van der Waals surface area contributed by atoms with E-state index in [2.05, 4.69) is 45.2 Å². The summed E-state index contributed by atoms with van der Waals surface area (Å²) in [7, 11) is 0. The zero-order valence-corrected chi connectivity index (χ0v) is 23.1. The molecule has 9 nitrogen and oxygen atoms in total. The molecule has 5 heterocycles. The van der Waals surface area contributed by atoms with Gasteiger partial charge in [-0.2, -0.15) is 15.0 Å². The van der Waals surface area contributed by atoms with Crippen molar-refractivity contribution in [2.75, 3.05) is 0 Å². The number of rotatable bonds is 3. The molecule has 0 aliphatic rings. The summed E-state index contributed by atoms with van der Waals surface area (Å²) in [5.74, 6) is 2.98. The number of para-hydroxylation sites is 8. The van der Waals surface area contributed by atoms with Gasteiger partial charge in [0.25, 0.3) is 0 Å². The van der Waals surface area contributed by atoms with Gasteiger partial charge in [0.2, 0.25) is 23.5 Å². The molecule has 10 rings (SSSR count). The van der Waals surface area contributed by atoms with Gasteiger partial charge in [0, 0.05) is 5.56 Å². The van der Waals surface area contributed by atoms with E-state index in [0.717, 1.165) is 61.3 Å². The van der Waals surface area contributed by atoms with Crippen molar-refractivity contribution >= 4 is 55.7 Å². The van der Waals surface area contributed by atoms with Gasteiger partial charge < -0.3 is 0 Å². The summed E-state index contributed by atoms with van der Waals surface area (Å²) < 4.78 is 8.39. The van der Waals surface area contributed by atoms with E-state index in [0.29, 0.717) is 17.7 Å². The molecule has 0 radical (unpaired) electrons. The zero-order chi connectivity index (χ0) is 28.8. The molecule has 0 bridgehead atoms. The molecule has 0 saturated carbocycles. The van der Waals surface area contributed by atoms with Crippen molar-refractivity contribution in [1.82, 2.24) is 42.9 Å². The van der Waals surface area contributed by atoms with Crippen LogP contribution in [-0.2, 0) is 0 Å². The summed E-state index contributed by atoms with van der Waals surface area (Å²) in [6.07, 6.45) is 0. The van der Waals surface area contributed by atoms with Crippen LogP contribution >= 0.6 is 0 Å². The number of hydrogen-bond donors (Lipinski definition) is 0. The Morgan fingerprint density at radius 2 is 0.750 bits per heavy atom. The lowest BCUT2D eigenvalue weighted by Crippen LogP contribution is -2.11. The summed E-state index contributed by atoms with van der Waals surface area (Å²) in [4.78, 5) is 25.4. The van der Waals surface area contributed by atoms with Crippen LogP contribution in [0.5, 0.6) is 0 Å². The molecule has 5 aromatic heterocycles. The molecular weight excluding hydrogens is 546 g/mol. The first kappa shape index (κ1) is 23.2. The Bertz CT molecular complexity index is 2560. The SMILES string of the molecule is c1ccc(-c2nc(-n3c4ccccc4n4c5ccccc5nc34)nc(-n3c4ccccc4n4c5ccccc5nc34)n2)cc1. The molecular formula is C35H21N9. The molecule has 0 spiro atoms. The van der Waals surface area contributed by atoms with Gasteiger partial charge in [-0.05, 0) is 48.5 Å². The molecule has 10 aromatic rings. The van der Waals surface area contributed by atoms with Crippen LogP contribution in [0.1, 0.15) is 0 Å². The zero-order valence-electron chi connectivity index (χ0n) is 23.1. The Labute approximate surface area is 249 Å². The van der Waals surface area contributed by atoms with Crippen LogP contribution in [0.2, 0.25) is 0 Å². The molecule has 0 fully saturated rings. The monoisotopic (exact) mass is 567 g/mol. The molecule has 0 aliphatic carbocycles. The minimum Gasteiger partial charge on any atom is -0.276 e. The normalized spacial score (nSPS) is 12.1. The second-order valence-electron chi connectivity index (χ2n) is 10.7. The number of imidazole rings is 4. The third-order valence-corrected chi connectivity index (χ3v) is 8.26. The minimum absolute atomic E-state index is 0.474. The van der Waals surface area contributed by atoms with Gasteiger partial charge in [-0.1, -0.05) is 78.9 Å². The Hall–Kier alpha value is -6.35. The number of aromatic nitrogens is 9. The van der Waals surface area contributed by atoms with Crippen LogP contribution < -0.4 is 0 Å². The molecule has 206 valence electrons. The summed E-state index contributed by atoms with van der Waals surface area (Å²) in [6.45, 7) is 0. The molecule has 44 heavy (non-hydrogen) atoms. The first-order valence-corrected chi connectivity index (χ1v) is 14.4. The van der Waals surface area contributed by atoms with Crippen molar-refractivity contribution in [2.45, 2.75) is 0 Å². The first-order valence-electron chi connectivity index (χ1n) is 14.4. The fourth-order valence-electron chi connectivity index (χ4n) is 6.37. The summed E-state index contributed by atoms with van der Waals surface area (Å²) in [6, 6.07) is 42.8. The molecule has 0 saturated heterocycles. The Morgan fingerprint density at radius 3 is 1.25 bits per heavy atom. The van der Waals surface area contributed by atoms with Crippen molar-refractivity contribution in [3.05, 3.63) is 127 Å². The van der Waals surface area contributed by atoms with Gasteiger partial charge in [-0.15, -0.1) is 0 Å². The van der Waals surface area contributed by atoms with E-state index in [4.69, 9.17) is 24.9 Å². The molecule has 0 aliphatic heterocycles. The summed E-state index contributed by atoms with van der Waals surface area (Å²) >= 11 is 0. The van der Waals surface area contributed by atoms with Crippen molar-refractivity contribution in [1.29, 1.82) is 0 Å². The average molecular weight is 568 g/mol. The van der Waals surface area contributed by atoms with Crippen LogP contribution in [0.15, 0.2) is 127 Å². The molecule has 0 amide bonds. The third-order valence-electron chi connectivity index (χ3n) is 8.26. The second kappa shape index (κ2) is 8.59. The topological polar surface area (TPSA) is 83.1 Å². The largest absolute Gasteiger partial charge is 0.276 e. The van der Waals surface area contributed by atoms with Gasteiger partial charge in [0.05, 0.1) is 44.1 Å². The Morgan fingerprint density at radius 1 is 0.341 bits per heavy atom. The van der Waals surface area contributed by atoms with E-state index in [1.807, 2.05) is 100 Å². The highest BCUT2D eigenvalue weighted by Crippen LogP contribution is 2.31. The van der Waals surface area contributed by atoms with Gasteiger partial charge in [0.15, 0.2) is 5.82 Å². The van der Waals surface area contributed by atoms with Crippen LogP contribution in [0.25, 0.3) is 79.0 Å². The predicted molar refractivity (Wildman–Crippen MR) is 171 cm³/mol. The van der Waals surface area contributed by atoms with Crippen LogP contribution in [0.3, 0.4) is 0 Å². The molecule has 0 unspecified atom stereocenters. The Balaban J connectivity index is 1.35. The van der Waals surface area contributed by atoms with Gasteiger partial charge in [-0.3, -0.25) is 8.80 Å². The maximum atomic E-state index is 5.18. The Kier molecular flexibility index (Phi) is 4.54. The highest BCUT2D eigenvalue weighted by Gasteiger charge is 2.23. The third kappa shape index (κ3) is 3.09. The van der Waals surface area contributed by atoms with Crippen molar-refractivity contribution in [3.63, 3.8) is 0 Å².